The summed E-state index contributed by atoms with van der Waals surface area (Å²) in [5, 5.41) is 14.6. The van der Waals surface area contributed by atoms with E-state index < -0.39 is 0 Å². The van der Waals surface area contributed by atoms with E-state index in [1.54, 1.807) is 12.3 Å². The highest BCUT2D eigenvalue weighted by Crippen LogP contribution is 2.25. The Kier molecular flexibility index (Phi) is 3.44. The van der Waals surface area contributed by atoms with Crippen molar-refractivity contribution in [1.82, 2.24) is 9.97 Å². The number of hydrogen-bond acceptors (Lipinski definition) is 6. The van der Waals surface area contributed by atoms with Crippen LogP contribution in [0, 0.1) is 18.3 Å². The van der Waals surface area contributed by atoms with Gasteiger partial charge in [-0.15, -0.1) is 11.3 Å². The molecule has 0 aliphatic heterocycles. The van der Waals surface area contributed by atoms with E-state index in [4.69, 9.17) is 5.26 Å². The Morgan fingerprint density at radius 2 is 2.22 bits per heavy atom. The van der Waals surface area contributed by atoms with Crippen LogP contribution >= 0.6 is 11.3 Å². The zero-order chi connectivity index (χ0) is 13.1. The van der Waals surface area contributed by atoms with E-state index >= 15 is 0 Å². The third-order valence-electron chi connectivity index (χ3n) is 2.38. The Hall–Kier alpha value is -2.13. The van der Waals surface area contributed by atoms with E-state index in [1.807, 2.05) is 31.3 Å². The maximum Gasteiger partial charge on any atom is 0.229 e. The molecule has 0 saturated heterocycles. The van der Waals surface area contributed by atoms with E-state index in [0.717, 1.165) is 16.4 Å². The van der Waals surface area contributed by atoms with Gasteiger partial charge in [-0.2, -0.15) is 10.2 Å². The van der Waals surface area contributed by atoms with Gasteiger partial charge in [0.2, 0.25) is 5.95 Å². The number of aryl methyl sites for hydroxylation is 1. The summed E-state index contributed by atoms with van der Waals surface area (Å²) in [4.78, 5) is 10.6. The largest absolute Gasteiger partial charge is 0.362 e. The molecule has 2 aromatic heterocycles. The molecule has 0 fully saturated rings. The smallest absolute Gasteiger partial charge is 0.229 e. The Bertz CT molecular complexity index is 597. The molecule has 92 valence electrons. The summed E-state index contributed by atoms with van der Waals surface area (Å²) in [6, 6.07) is 3.90. The Morgan fingerprint density at radius 1 is 1.44 bits per heavy atom. The first-order chi connectivity index (χ1) is 8.61. The normalized spacial score (nSPS) is 9.89. The van der Waals surface area contributed by atoms with Crippen molar-refractivity contribution in [1.29, 1.82) is 5.26 Å². The van der Waals surface area contributed by atoms with Gasteiger partial charge < -0.3 is 10.2 Å². The predicted molar refractivity (Wildman–Crippen MR) is 73.4 cm³/mol. The number of thiophene rings is 1. The molecule has 0 unspecified atom stereocenters. The maximum absolute atomic E-state index is 8.94. The fraction of sp³-hybridized carbons (Fsp3) is 0.250. The van der Waals surface area contributed by atoms with Gasteiger partial charge in [-0.25, -0.2) is 4.98 Å². The topological polar surface area (TPSA) is 64.8 Å². The van der Waals surface area contributed by atoms with Gasteiger partial charge in [0.05, 0.1) is 5.56 Å². The van der Waals surface area contributed by atoms with Crippen LogP contribution in [-0.2, 0) is 0 Å². The van der Waals surface area contributed by atoms with Gasteiger partial charge in [-0.05, 0) is 18.4 Å². The Morgan fingerprint density at radius 3 is 2.89 bits per heavy atom. The molecule has 0 saturated carbocycles. The fourth-order valence-electron chi connectivity index (χ4n) is 1.54. The average molecular weight is 259 g/mol. The number of hydrogen-bond donors (Lipinski definition) is 1. The van der Waals surface area contributed by atoms with E-state index in [-0.39, 0.29) is 0 Å². The summed E-state index contributed by atoms with van der Waals surface area (Å²) >= 11 is 1.46. The van der Waals surface area contributed by atoms with Crippen molar-refractivity contribution in [2.75, 3.05) is 24.3 Å². The van der Waals surface area contributed by atoms with Gasteiger partial charge in [0.25, 0.3) is 0 Å². The SMILES string of the molecule is Cc1cnc(Nc2sccc2C#N)nc1N(C)C. The van der Waals surface area contributed by atoms with Crippen molar-refractivity contribution in [2.45, 2.75) is 6.92 Å². The molecule has 0 aliphatic carbocycles. The molecule has 0 aliphatic rings. The van der Waals surface area contributed by atoms with Crippen molar-refractivity contribution < 1.29 is 0 Å². The highest BCUT2D eigenvalue weighted by Gasteiger charge is 2.08. The van der Waals surface area contributed by atoms with Crippen LogP contribution in [0.5, 0.6) is 0 Å². The van der Waals surface area contributed by atoms with Gasteiger partial charge >= 0.3 is 0 Å². The minimum atomic E-state index is 0.503. The molecule has 0 bridgehead atoms. The number of nitrogens with one attached hydrogen (secondary N) is 1. The molecule has 6 heteroatoms. The van der Waals surface area contributed by atoms with Crippen molar-refractivity contribution >= 4 is 28.1 Å². The lowest BCUT2D eigenvalue weighted by Crippen LogP contribution is -2.13. The zero-order valence-corrected chi connectivity index (χ0v) is 11.2. The minimum absolute atomic E-state index is 0.503. The van der Waals surface area contributed by atoms with Crippen molar-refractivity contribution in [3.05, 3.63) is 28.8 Å². The number of nitriles is 1. The van der Waals surface area contributed by atoms with Gasteiger partial charge in [0.15, 0.2) is 0 Å². The quantitative estimate of drug-likeness (QED) is 0.917. The number of nitrogens with zero attached hydrogens (tertiary/aromatic N) is 4. The van der Waals surface area contributed by atoms with Crippen molar-refractivity contribution in [3.63, 3.8) is 0 Å². The second-order valence-electron chi connectivity index (χ2n) is 3.99. The summed E-state index contributed by atoms with van der Waals surface area (Å²) in [7, 11) is 3.87. The van der Waals surface area contributed by atoms with Crippen LogP contribution in [0.15, 0.2) is 17.6 Å². The number of anilines is 3. The zero-order valence-electron chi connectivity index (χ0n) is 10.4. The van der Waals surface area contributed by atoms with Crippen LogP contribution in [0.1, 0.15) is 11.1 Å². The van der Waals surface area contributed by atoms with Crippen LogP contribution in [0.4, 0.5) is 16.8 Å². The van der Waals surface area contributed by atoms with E-state index in [9.17, 15) is 0 Å². The molecule has 0 spiro atoms. The lowest BCUT2D eigenvalue weighted by atomic mass is 10.3. The van der Waals surface area contributed by atoms with Gasteiger partial charge in [0, 0.05) is 25.9 Å². The summed E-state index contributed by atoms with van der Waals surface area (Å²) in [6.07, 6.45) is 1.77. The molecule has 0 aromatic carbocycles. The van der Waals surface area contributed by atoms with Crippen LogP contribution in [0.3, 0.4) is 0 Å². The molecule has 5 nitrogen and oxygen atoms in total. The first-order valence-electron chi connectivity index (χ1n) is 5.37. The fourth-order valence-corrected chi connectivity index (χ4v) is 2.27. The van der Waals surface area contributed by atoms with E-state index in [0.29, 0.717) is 11.5 Å². The standard InChI is InChI=1S/C12H13N5S/c1-8-7-14-12(15-10(8)17(2)3)16-11-9(6-13)4-5-18-11/h4-5,7H,1-3H3,(H,14,15,16). The summed E-state index contributed by atoms with van der Waals surface area (Å²) in [6.45, 7) is 1.96. The van der Waals surface area contributed by atoms with Gasteiger partial charge in [-0.1, -0.05) is 0 Å². The second kappa shape index (κ2) is 5.02. The predicted octanol–water partition coefficient (Wildman–Crippen LogP) is 2.53. The van der Waals surface area contributed by atoms with Crippen LogP contribution in [0.25, 0.3) is 0 Å². The van der Waals surface area contributed by atoms with Gasteiger partial charge in [0.1, 0.15) is 16.9 Å². The molecule has 0 atom stereocenters. The Balaban J connectivity index is 2.31. The Labute approximate surface area is 110 Å². The third-order valence-corrected chi connectivity index (χ3v) is 3.21. The first-order valence-corrected chi connectivity index (χ1v) is 6.25. The van der Waals surface area contributed by atoms with Crippen LogP contribution < -0.4 is 10.2 Å². The molecule has 1 N–H and O–H groups in total. The molecule has 2 aromatic rings. The van der Waals surface area contributed by atoms with Crippen molar-refractivity contribution in [3.8, 4) is 6.07 Å². The lowest BCUT2D eigenvalue weighted by Gasteiger charge is -2.14. The van der Waals surface area contributed by atoms with E-state index in [1.165, 1.54) is 11.3 Å². The highest BCUT2D eigenvalue weighted by molar-refractivity contribution is 7.14. The average Bonchev–Trinajstić information content (AvgIpc) is 2.78. The summed E-state index contributed by atoms with van der Waals surface area (Å²) in [5.74, 6) is 1.37. The minimum Gasteiger partial charge on any atom is -0.362 e. The second-order valence-corrected chi connectivity index (χ2v) is 4.91. The summed E-state index contributed by atoms with van der Waals surface area (Å²) < 4.78 is 0. The molecule has 18 heavy (non-hydrogen) atoms. The molecule has 0 radical (unpaired) electrons. The number of aromatic nitrogens is 2. The van der Waals surface area contributed by atoms with Gasteiger partial charge in [-0.3, -0.25) is 0 Å². The molecule has 2 heterocycles. The third kappa shape index (κ3) is 2.41. The first kappa shape index (κ1) is 12.3. The number of rotatable bonds is 3. The maximum atomic E-state index is 8.94. The summed E-state index contributed by atoms with van der Waals surface area (Å²) in [5.41, 5.74) is 1.62. The van der Waals surface area contributed by atoms with Crippen LogP contribution in [-0.4, -0.2) is 24.1 Å². The van der Waals surface area contributed by atoms with Crippen molar-refractivity contribution in [2.24, 2.45) is 0 Å². The molecule has 2 rings (SSSR count). The van der Waals surface area contributed by atoms with E-state index in [2.05, 4.69) is 21.4 Å². The lowest BCUT2D eigenvalue weighted by molar-refractivity contribution is 1.02. The van der Waals surface area contributed by atoms with Crippen LogP contribution in [0.2, 0.25) is 0 Å². The molecular formula is C12H13N5S. The monoisotopic (exact) mass is 259 g/mol. The molecule has 0 amide bonds. The highest BCUT2D eigenvalue weighted by atomic mass is 32.1. The molecular weight excluding hydrogens is 246 g/mol.